The first-order valence-electron chi connectivity index (χ1n) is 6.13. The molecule has 0 spiro atoms. The molecule has 0 aromatic heterocycles. The molecule has 6 heteroatoms. The minimum absolute atomic E-state index is 0.0873. The summed E-state index contributed by atoms with van der Waals surface area (Å²) in [6, 6.07) is 3.85. The number of rotatable bonds is 5. The number of aromatic carboxylic acids is 1. The Kier molecular flexibility index (Phi) is 3.42. The number of hydrogen-bond donors (Lipinski definition) is 1. The van der Waals surface area contributed by atoms with Crippen molar-refractivity contribution >= 4 is 17.3 Å². The Bertz CT molecular complexity index is 529. The van der Waals surface area contributed by atoms with E-state index in [4.69, 9.17) is 5.11 Å². The summed E-state index contributed by atoms with van der Waals surface area (Å²) in [4.78, 5) is 23.2. The monoisotopic (exact) mass is 264 g/mol. The topological polar surface area (TPSA) is 83.7 Å². The summed E-state index contributed by atoms with van der Waals surface area (Å²) >= 11 is 0. The molecule has 0 bridgehead atoms. The lowest BCUT2D eigenvalue weighted by atomic mass is 10.1. The summed E-state index contributed by atoms with van der Waals surface area (Å²) in [6.45, 7) is 2.87. The lowest BCUT2D eigenvalue weighted by Crippen LogP contribution is -2.23. The van der Waals surface area contributed by atoms with Crippen molar-refractivity contribution in [1.29, 1.82) is 0 Å². The maximum Gasteiger partial charge on any atom is 0.337 e. The maximum absolute atomic E-state index is 11.2. The molecule has 6 nitrogen and oxygen atoms in total. The number of carbonyl (C=O) groups is 1. The maximum atomic E-state index is 11.2. The Morgan fingerprint density at radius 1 is 1.58 bits per heavy atom. The highest BCUT2D eigenvalue weighted by Gasteiger charge is 2.34. The van der Waals surface area contributed by atoms with Crippen LogP contribution in [-0.2, 0) is 0 Å². The predicted octanol–water partition coefficient (Wildman–Crippen LogP) is 2.39. The fourth-order valence-corrected chi connectivity index (χ4v) is 2.23. The van der Waals surface area contributed by atoms with Crippen LogP contribution in [0.15, 0.2) is 18.2 Å². The Morgan fingerprint density at radius 2 is 2.21 bits per heavy atom. The van der Waals surface area contributed by atoms with E-state index in [-0.39, 0.29) is 11.3 Å². The van der Waals surface area contributed by atoms with Crippen LogP contribution in [0.2, 0.25) is 0 Å². The molecular weight excluding hydrogens is 248 g/mol. The van der Waals surface area contributed by atoms with Crippen LogP contribution in [0.3, 0.4) is 0 Å². The second-order valence-electron chi connectivity index (χ2n) is 5.12. The standard InChI is InChI=1S/C13H16N2O4/c1-8-5-9(8)7-14(2)12-6-10(15(18)19)3-4-11(12)13(16)17/h3-4,6,8-9H,5,7H2,1-2H3,(H,16,17). The van der Waals surface area contributed by atoms with Gasteiger partial charge in [0, 0.05) is 25.7 Å². The van der Waals surface area contributed by atoms with E-state index in [1.54, 1.807) is 11.9 Å². The van der Waals surface area contributed by atoms with Crippen molar-refractivity contribution in [2.75, 3.05) is 18.5 Å². The molecule has 0 aliphatic heterocycles. The highest BCUT2D eigenvalue weighted by atomic mass is 16.6. The number of anilines is 1. The number of nitro groups is 1. The summed E-state index contributed by atoms with van der Waals surface area (Å²) < 4.78 is 0. The van der Waals surface area contributed by atoms with Gasteiger partial charge in [0.05, 0.1) is 16.2 Å². The van der Waals surface area contributed by atoms with E-state index in [0.717, 1.165) is 13.0 Å². The minimum atomic E-state index is -1.07. The summed E-state index contributed by atoms with van der Waals surface area (Å²) in [7, 11) is 1.77. The van der Waals surface area contributed by atoms with Crippen molar-refractivity contribution < 1.29 is 14.8 Å². The molecule has 19 heavy (non-hydrogen) atoms. The van der Waals surface area contributed by atoms with Crippen LogP contribution in [0.4, 0.5) is 11.4 Å². The van der Waals surface area contributed by atoms with Gasteiger partial charge in [0.2, 0.25) is 0 Å². The zero-order valence-corrected chi connectivity index (χ0v) is 10.9. The van der Waals surface area contributed by atoms with Crippen molar-refractivity contribution in [3.05, 3.63) is 33.9 Å². The molecular formula is C13H16N2O4. The lowest BCUT2D eigenvalue weighted by Gasteiger charge is -2.21. The molecule has 0 radical (unpaired) electrons. The van der Waals surface area contributed by atoms with E-state index >= 15 is 0 Å². The van der Waals surface area contributed by atoms with Crippen LogP contribution < -0.4 is 4.90 Å². The first-order valence-corrected chi connectivity index (χ1v) is 6.13. The molecule has 1 aromatic rings. The van der Waals surface area contributed by atoms with Gasteiger partial charge < -0.3 is 10.0 Å². The van der Waals surface area contributed by atoms with E-state index in [0.29, 0.717) is 17.5 Å². The smallest absolute Gasteiger partial charge is 0.337 e. The van der Waals surface area contributed by atoms with Crippen molar-refractivity contribution in [3.8, 4) is 0 Å². The normalized spacial score (nSPS) is 20.9. The third-order valence-corrected chi connectivity index (χ3v) is 3.62. The van der Waals surface area contributed by atoms with Crippen molar-refractivity contribution in [2.45, 2.75) is 13.3 Å². The van der Waals surface area contributed by atoms with E-state index < -0.39 is 10.9 Å². The first-order chi connectivity index (χ1) is 8.90. The van der Waals surface area contributed by atoms with Crippen molar-refractivity contribution in [2.24, 2.45) is 11.8 Å². The molecule has 1 N–H and O–H groups in total. The van der Waals surface area contributed by atoms with Gasteiger partial charge in [-0.3, -0.25) is 10.1 Å². The average molecular weight is 264 g/mol. The van der Waals surface area contributed by atoms with Crippen molar-refractivity contribution in [3.63, 3.8) is 0 Å². The van der Waals surface area contributed by atoms with E-state index in [1.165, 1.54) is 18.2 Å². The van der Waals surface area contributed by atoms with Gasteiger partial charge in [-0.15, -0.1) is 0 Å². The van der Waals surface area contributed by atoms with Gasteiger partial charge in [-0.05, 0) is 24.3 Å². The van der Waals surface area contributed by atoms with Gasteiger partial charge in [-0.2, -0.15) is 0 Å². The molecule has 2 atom stereocenters. The minimum Gasteiger partial charge on any atom is -0.478 e. The van der Waals surface area contributed by atoms with Crippen LogP contribution in [0.5, 0.6) is 0 Å². The zero-order valence-electron chi connectivity index (χ0n) is 10.9. The molecule has 2 rings (SSSR count). The fraction of sp³-hybridized carbons (Fsp3) is 0.462. The van der Waals surface area contributed by atoms with Crippen LogP contribution >= 0.6 is 0 Å². The molecule has 1 fully saturated rings. The number of nitrogens with zero attached hydrogens (tertiary/aromatic N) is 2. The van der Waals surface area contributed by atoms with E-state index in [9.17, 15) is 14.9 Å². The zero-order chi connectivity index (χ0) is 14.2. The second kappa shape index (κ2) is 4.87. The molecule has 102 valence electrons. The third-order valence-electron chi connectivity index (χ3n) is 3.62. The third kappa shape index (κ3) is 2.83. The number of carboxylic acids is 1. The highest BCUT2D eigenvalue weighted by molar-refractivity contribution is 5.95. The van der Waals surface area contributed by atoms with Crippen LogP contribution in [0, 0.1) is 22.0 Å². The van der Waals surface area contributed by atoms with Gasteiger partial charge in [-0.1, -0.05) is 6.92 Å². The van der Waals surface area contributed by atoms with E-state index in [2.05, 4.69) is 6.92 Å². The van der Waals surface area contributed by atoms with E-state index in [1.807, 2.05) is 0 Å². The first kappa shape index (κ1) is 13.3. The quantitative estimate of drug-likeness (QED) is 0.652. The second-order valence-corrected chi connectivity index (χ2v) is 5.12. The Hall–Kier alpha value is -2.11. The average Bonchev–Trinajstić information content (AvgIpc) is 3.03. The Balaban J connectivity index is 2.30. The molecule has 1 aliphatic carbocycles. The molecule has 0 heterocycles. The number of non-ortho nitro benzene ring substituents is 1. The number of hydrogen-bond acceptors (Lipinski definition) is 4. The Labute approximate surface area is 110 Å². The molecule has 0 amide bonds. The largest absolute Gasteiger partial charge is 0.478 e. The molecule has 1 aliphatic rings. The molecule has 0 saturated heterocycles. The number of nitro benzene ring substituents is 1. The van der Waals surface area contributed by atoms with Gasteiger partial charge in [-0.25, -0.2) is 4.79 Å². The highest BCUT2D eigenvalue weighted by Crippen LogP contribution is 2.39. The summed E-state index contributed by atoms with van der Waals surface area (Å²) in [5.74, 6) is 0.126. The van der Waals surface area contributed by atoms with Crippen LogP contribution in [0.25, 0.3) is 0 Å². The fourth-order valence-electron chi connectivity index (χ4n) is 2.23. The predicted molar refractivity (Wildman–Crippen MR) is 70.6 cm³/mol. The summed E-state index contributed by atoms with van der Waals surface area (Å²) in [5.41, 5.74) is 0.415. The summed E-state index contributed by atoms with van der Waals surface area (Å²) in [6.07, 6.45) is 1.13. The number of carboxylic acid groups (broad SMARTS) is 1. The molecule has 2 unspecified atom stereocenters. The van der Waals surface area contributed by atoms with Gasteiger partial charge in [0.15, 0.2) is 0 Å². The SMILES string of the molecule is CC1CC1CN(C)c1cc([N+](=O)[O-])ccc1C(=O)O. The van der Waals surface area contributed by atoms with Gasteiger partial charge in [0.1, 0.15) is 0 Å². The van der Waals surface area contributed by atoms with Crippen LogP contribution in [0.1, 0.15) is 23.7 Å². The molecule has 1 aromatic carbocycles. The van der Waals surface area contributed by atoms with Crippen LogP contribution in [-0.4, -0.2) is 29.6 Å². The lowest BCUT2D eigenvalue weighted by molar-refractivity contribution is -0.384. The van der Waals surface area contributed by atoms with Gasteiger partial charge >= 0.3 is 5.97 Å². The molecule has 1 saturated carbocycles. The van der Waals surface area contributed by atoms with Crippen molar-refractivity contribution in [1.82, 2.24) is 0 Å². The summed E-state index contributed by atoms with van der Waals surface area (Å²) in [5, 5.41) is 19.9. The Morgan fingerprint density at radius 3 is 2.68 bits per heavy atom. The number of benzene rings is 1. The van der Waals surface area contributed by atoms with Gasteiger partial charge in [0.25, 0.3) is 5.69 Å².